The Bertz CT molecular complexity index is 607. The van der Waals surface area contributed by atoms with Crippen LogP contribution in [0.15, 0.2) is 24.3 Å². The zero-order valence-electron chi connectivity index (χ0n) is 10.8. The second kappa shape index (κ2) is 3.06. The Hall–Kier alpha value is -1.55. The number of nitriles is 1. The molecule has 4 rings (SSSR count). The summed E-state index contributed by atoms with van der Waals surface area (Å²) < 4.78 is 0. The first-order valence-electron chi connectivity index (χ1n) is 6.92. The summed E-state index contributed by atoms with van der Waals surface area (Å²) in [7, 11) is 0. The average Bonchev–Trinajstić information content (AvgIpc) is 3.21. The fourth-order valence-corrected chi connectivity index (χ4v) is 4.38. The Morgan fingerprint density at radius 2 is 2.00 bits per heavy atom. The van der Waals surface area contributed by atoms with Gasteiger partial charge in [0.05, 0.1) is 6.07 Å². The first-order valence-corrected chi connectivity index (χ1v) is 6.92. The highest BCUT2D eigenvalue weighted by Crippen LogP contribution is 2.76. The Kier molecular flexibility index (Phi) is 1.77. The van der Waals surface area contributed by atoms with Crippen molar-refractivity contribution in [3.63, 3.8) is 0 Å². The van der Waals surface area contributed by atoms with Crippen LogP contribution < -0.4 is 0 Å². The second-order valence-corrected chi connectivity index (χ2v) is 6.34. The summed E-state index contributed by atoms with van der Waals surface area (Å²) in [6, 6.07) is 8.85. The van der Waals surface area contributed by atoms with Gasteiger partial charge >= 0.3 is 0 Å². The zero-order chi connectivity index (χ0) is 12.4. The third-order valence-corrected chi connectivity index (χ3v) is 5.48. The molecule has 1 aromatic carbocycles. The van der Waals surface area contributed by atoms with E-state index in [1.807, 2.05) is 0 Å². The van der Waals surface area contributed by atoms with Crippen LogP contribution in [0, 0.1) is 23.7 Å². The van der Waals surface area contributed by atoms with Crippen molar-refractivity contribution in [2.45, 2.75) is 44.4 Å². The molecule has 1 aromatic rings. The lowest BCUT2D eigenvalue weighted by molar-refractivity contribution is 0.373. The Balaban J connectivity index is 2.01. The summed E-state index contributed by atoms with van der Waals surface area (Å²) in [6.45, 7) is 2.24. The average molecular weight is 235 g/mol. The van der Waals surface area contributed by atoms with Crippen molar-refractivity contribution in [2.75, 3.05) is 0 Å². The second-order valence-electron chi connectivity index (χ2n) is 6.34. The number of nitrogens with zero attached hydrogens (tertiary/aromatic N) is 1. The van der Waals surface area contributed by atoms with Crippen molar-refractivity contribution in [1.82, 2.24) is 0 Å². The lowest BCUT2D eigenvalue weighted by Gasteiger charge is -2.37. The predicted molar refractivity (Wildman–Crippen MR) is 72.0 cm³/mol. The molecule has 90 valence electrons. The summed E-state index contributed by atoms with van der Waals surface area (Å²) in [5.74, 6) is 0. The number of aryl methyl sites for hydroxylation is 1. The van der Waals surface area contributed by atoms with Crippen LogP contribution in [0.25, 0.3) is 5.57 Å². The van der Waals surface area contributed by atoms with E-state index < -0.39 is 0 Å². The molecule has 1 nitrogen and oxygen atoms in total. The molecule has 18 heavy (non-hydrogen) atoms. The molecule has 3 aliphatic carbocycles. The van der Waals surface area contributed by atoms with Gasteiger partial charge in [0.2, 0.25) is 0 Å². The van der Waals surface area contributed by atoms with Crippen molar-refractivity contribution >= 4 is 5.57 Å². The molecule has 0 radical (unpaired) electrons. The number of allylic oxidation sites excluding steroid dienone is 2. The third kappa shape index (κ3) is 1.07. The topological polar surface area (TPSA) is 23.8 Å². The van der Waals surface area contributed by atoms with E-state index in [1.54, 1.807) is 11.6 Å². The number of hydrogen-bond acceptors (Lipinski definition) is 1. The molecule has 0 bridgehead atoms. The summed E-state index contributed by atoms with van der Waals surface area (Å²) in [5.41, 5.74) is 6.67. The maximum absolute atomic E-state index is 9.02. The highest BCUT2D eigenvalue weighted by atomic mass is 14.7. The van der Waals surface area contributed by atoms with Gasteiger partial charge in [0.25, 0.3) is 0 Å². The van der Waals surface area contributed by atoms with Crippen LogP contribution in [-0.2, 0) is 5.41 Å². The first kappa shape index (κ1) is 10.4. The quantitative estimate of drug-likeness (QED) is 0.621. The number of benzene rings is 1. The van der Waals surface area contributed by atoms with Gasteiger partial charge < -0.3 is 0 Å². The van der Waals surface area contributed by atoms with E-state index in [1.165, 1.54) is 42.4 Å². The van der Waals surface area contributed by atoms with E-state index in [-0.39, 0.29) is 0 Å². The Morgan fingerprint density at radius 3 is 2.61 bits per heavy atom. The molecule has 0 aliphatic heterocycles. The lowest BCUT2D eigenvalue weighted by Crippen LogP contribution is -2.29. The van der Waals surface area contributed by atoms with Gasteiger partial charge in [-0.15, -0.1) is 0 Å². The summed E-state index contributed by atoms with van der Waals surface area (Å²) in [4.78, 5) is 0. The van der Waals surface area contributed by atoms with Crippen LogP contribution in [-0.4, -0.2) is 0 Å². The van der Waals surface area contributed by atoms with E-state index >= 15 is 0 Å². The molecular weight excluding hydrogens is 218 g/mol. The van der Waals surface area contributed by atoms with E-state index in [0.717, 1.165) is 6.42 Å². The molecule has 0 heterocycles. The molecule has 0 unspecified atom stereocenters. The lowest BCUT2D eigenvalue weighted by atomic mass is 9.66. The van der Waals surface area contributed by atoms with Crippen molar-refractivity contribution in [1.29, 1.82) is 5.26 Å². The van der Waals surface area contributed by atoms with Crippen molar-refractivity contribution in [3.05, 3.63) is 41.0 Å². The molecule has 2 spiro atoms. The molecule has 2 fully saturated rings. The minimum Gasteiger partial charge on any atom is -0.193 e. The molecule has 0 atom stereocenters. The van der Waals surface area contributed by atoms with Gasteiger partial charge in [-0.2, -0.15) is 5.26 Å². The molecule has 3 aliphatic rings. The van der Waals surface area contributed by atoms with E-state index in [0.29, 0.717) is 10.8 Å². The monoisotopic (exact) mass is 235 g/mol. The van der Waals surface area contributed by atoms with Crippen LogP contribution in [0.2, 0.25) is 0 Å². The highest BCUT2D eigenvalue weighted by molar-refractivity contribution is 5.77. The van der Waals surface area contributed by atoms with Gasteiger partial charge in [0.1, 0.15) is 0 Å². The fraction of sp³-hybridized carbons (Fsp3) is 0.471. The fourth-order valence-electron chi connectivity index (χ4n) is 4.38. The zero-order valence-corrected chi connectivity index (χ0v) is 10.8. The van der Waals surface area contributed by atoms with Crippen molar-refractivity contribution in [3.8, 4) is 6.07 Å². The van der Waals surface area contributed by atoms with Crippen molar-refractivity contribution in [2.24, 2.45) is 5.41 Å². The van der Waals surface area contributed by atoms with Crippen LogP contribution in [0.5, 0.6) is 0 Å². The number of fused-ring (bicyclic) bond motifs is 3. The maximum Gasteiger partial charge on any atom is 0.0915 e. The molecule has 2 saturated carbocycles. The van der Waals surface area contributed by atoms with Gasteiger partial charge in [0.15, 0.2) is 0 Å². The summed E-state index contributed by atoms with van der Waals surface area (Å²) >= 11 is 0. The summed E-state index contributed by atoms with van der Waals surface area (Å²) in [6.07, 6.45) is 8.38. The molecule has 0 amide bonds. The molecule has 1 heteroatoms. The molecule has 0 N–H and O–H groups in total. The van der Waals surface area contributed by atoms with Crippen LogP contribution >= 0.6 is 0 Å². The van der Waals surface area contributed by atoms with E-state index in [4.69, 9.17) is 5.26 Å². The Labute approximate surface area is 108 Å². The number of hydrogen-bond donors (Lipinski definition) is 0. The minimum absolute atomic E-state index is 0.487. The smallest absolute Gasteiger partial charge is 0.0915 e. The Morgan fingerprint density at radius 1 is 1.22 bits per heavy atom. The highest BCUT2D eigenvalue weighted by Gasteiger charge is 2.68. The summed E-state index contributed by atoms with van der Waals surface area (Å²) in [5, 5.41) is 9.02. The van der Waals surface area contributed by atoms with Gasteiger partial charge in [-0.1, -0.05) is 18.2 Å². The van der Waals surface area contributed by atoms with E-state index in [2.05, 4.69) is 31.2 Å². The minimum atomic E-state index is 0.487. The van der Waals surface area contributed by atoms with Crippen LogP contribution in [0.4, 0.5) is 0 Å². The standard InChI is InChI=1S/C17H17N/c1-12-3-2-4-14-13(5-10-18)11-16(6-7-16)17(8-9-17)15(12)14/h2-5H,6-9,11H2,1H3. The van der Waals surface area contributed by atoms with Crippen LogP contribution in [0.3, 0.4) is 0 Å². The molecule has 0 saturated heterocycles. The first-order chi connectivity index (χ1) is 8.72. The predicted octanol–water partition coefficient (Wildman–Crippen LogP) is 4.12. The third-order valence-electron chi connectivity index (χ3n) is 5.48. The van der Waals surface area contributed by atoms with Crippen LogP contribution in [0.1, 0.15) is 48.8 Å². The van der Waals surface area contributed by atoms with Crippen molar-refractivity contribution < 1.29 is 0 Å². The van der Waals surface area contributed by atoms with Gasteiger partial charge in [-0.25, -0.2) is 0 Å². The number of rotatable bonds is 0. The molecular formula is C17H17N. The largest absolute Gasteiger partial charge is 0.193 e. The molecule has 0 aromatic heterocycles. The normalized spacial score (nSPS) is 27.0. The van der Waals surface area contributed by atoms with Gasteiger partial charge in [0, 0.05) is 11.5 Å². The maximum atomic E-state index is 9.02. The SMILES string of the molecule is Cc1cccc2c1C1(CC1)C1(CC1)CC2=CC#N. The van der Waals surface area contributed by atoms with E-state index in [9.17, 15) is 0 Å². The van der Waals surface area contributed by atoms with Gasteiger partial charge in [-0.3, -0.25) is 0 Å². The van der Waals surface area contributed by atoms with Gasteiger partial charge in [-0.05, 0) is 66.7 Å².